The zero-order valence-corrected chi connectivity index (χ0v) is 9.93. The van der Waals surface area contributed by atoms with Gasteiger partial charge in [0.2, 0.25) is 0 Å². The maximum Gasteiger partial charge on any atom is 0.422 e. The number of aryl methyl sites for hydroxylation is 1. The fraction of sp³-hybridized carbons (Fsp3) is 0.182. The molecule has 0 aliphatic heterocycles. The smallest absolute Gasteiger partial charge is 0.422 e. The highest BCUT2D eigenvalue weighted by atomic mass is 19.4. The van der Waals surface area contributed by atoms with Crippen LogP contribution < -0.4 is 11.2 Å². The molecular formula is C11H7F3N2O4. The Balaban J connectivity index is 3.13. The summed E-state index contributed by atoms with van der Waals surface area (Å²) in [4.78, 5) is 34.4. The fourth-order valence-electron chi connectivity index (χ4n) is 1.93. The minimum Gasteiger partial charge on any atom is -0.464 e. The van der Waals surface area contributed by atoms with Crippen molar-refractivity contribution in [2.45, 2.75) is 6.18 Å². The van der Waals surface area contributed by atoms with Crippen molar-refractivity contribution in [1.82, 2.24) is 9.13 Å². The van der Waals surface area contributed by atoms with E-state index in [1.165, 1.54) is 0 Å². The molecule has 9 heteroatoms. The van der Waals surface area contributed by atoms with Gasteiger partial charge in [0.05, 0.1) is 16.5 Å². The molecule has 106 valence electrons. The van der Waals surface area contributed by atoms with Gasteiger partial charge in [0, 0.05) is 7.05 Å². The van der Waals surface area contributed by atoms with Crippen LogP contribution in [0.1, 0.15) is 5.56 Å². The molecule has 2 rings (SSSR count). The lowest BCUT2D eigenvalue weighted by Gasteiger charge is -2.13. The fourth-order valence-corrected chi connectivity index (χ4v) is 1.93. The van der Waals surface area contributed by atoms with E-state index in [-0.39, 0.29) is 4.57 Å². The summed E-state index contributed by atoms with van der Waals surface area (Å²) in [6.45, 7) is 0. The van der Waals surface area contributed by atoms with Crippen molar-refractivity contribution < 1.29 is 23.1 Å². The Morgan fingerprint density at radius 2 is 1.85 bits per heavy atom. The highest BCUT2D eigenvalue weighted by molar-refractivity contribution is 5.84. The van der Waals surface area contributed by atoms with Crippen LogP contribution in [0.5, 0.6) is 0 Å². The number of hydrogen-bond acceptors (Lipinski definition) is 3. The topological polar surface area (TPSA) is 81.3 Å². The minimum absolute atomic E-state index is 0.136. The van der Waals surface area contributed by atoms with Gasteiger partial charge in [0.1, 0.15) is 0 Å². The van der Waals surface area contributed by atoms with Gasteiger partial charge in [0.25, 0.3) is 5.56 Å². The van der Waals surface area contributed by atoms with Crippen LogP contribution in [-0.4, -0.2) is 20.3 Å². The molecular weight excluding hydrogens is 281 g/mol. The van der Waals surface area contributed by atoms with Crippen LogP contribution in [0.25, 0.3) is 10.9 Å². The van der Waals surface area contributed by atoms with E-state index in [0.717, 1.165) is 19.2 Å². The first kappa shape index (κ1) is 13.8. The molecule has 20 heavy (non-hydrogen) atoms. The maximum absolute atomic E-state index is 12.9. The quantitative estimate of drug-likeness (QED) is 0.791. The zero-order chi connectivity index (χ0) is 15.2. The Morgan fingerprint density at radius 3 is 2.35 bits per heavy atom. The third-order valence-corrected chi connectivity index (χ3v) is 2.78. The van der Waals surface area contributed by atoms with E-state index >= 15 is 0 Å². The number of hydrogen-bond donors (Lipinski definition) is 1. The Morgan fingerprint density at radius 1 is 1.25 bits per heavy atom. The SMILES string of the molecule is Cn1c(=O)n(C(=O)O)c(=O)c2cccc(C(F)(F)F)c21. The van der Waals surface area contributed by atoms with E-state index in [1.54, 1.807) is 0 Å². The van der Waals surface area contributed by atoms with Gasteiger partial charge in [-0.1, -0.05) is 6.07 Å². The lowest BCUT2D eigenvalue weighted by molar-refractivity contribution is -0.136. The number of halogens is 3. The number of benzene rings is 1. The van der Waals surface area contributed by atoms with Crippen molar-refractivity contribution in [2.24, 2.45) is 7.05 Å². The number of fused-ring (bicyclic) bond motifs is 1. The Bertz CT molecular complexity index is 832. The number of alkyl halides is 3. The first-order valence-electron chi connectivity index (χ1n) is 5.21. The summed E-state index contributed by atoms with van der Waals surface area (Å²) in [6, 6.07) is 2.72. The van der Waals surface area contributed by atoms with Crippen molar-refractivity contribution in [3.63, 3.8) is 0 Å². The van der Waals surface area contributed by atoms with Crippen LogP contribution in [0, 0.1) is 0 Å². The molecule has 2 aromatic rings. The van der Waals surface area contributed by atoms with Crippen LogP contribution in [0.15, 0.2) is 27.8 Å². The van der Waals surface area contributed by atoms with E-state index in [0.29, 0.717) is 10.6 Å². The van der Waals surface area contributed by atoms with Crippen molar-refractivity contribution in [3.8, 4) is 0 Å². The third-order valence-electron chi connectivity index (χ3n) is 2.78. The molecule has 0 saturated heterocycles. The van der Waals surface area contributed by atoms with Gasteiger partial charge in [0.15, 0.2) is 0 Å². The van der Waals surface area contributed by atoms with Gasteiger partial charge in [-0.2, -0.15) is 17.7 Å². The molecule has 1 heterocycles. The highest BCUT2D eigenvalue weighted by Gasteiger charge is 2.34. The van der Waals surface area contributed by atoms with E-state index in [9.17, 15) is 27.6 Å². The molecule has 0 saturated carbocycles. The van der Waals surface area contributed by atoms with E-state index in [2.05, 4.69) is 0 Å². The van der Waals surface area contributed by atoms with Gasteiger partial charge in [-0.15, -0.1) is 0 Å². The first-order valence-corrected chi connectivity index (χ1v) is 5.21. The molecule has 1 N–H and O–H groups in total. The summed E-state index contributed by atoms with van der Waals surface area (Å²) in [6.07, 6.45) is -6.62. The largest absolute Gasteiger partial charge is 0.464 e. The third kappa shape index (κ3) is 1.87. The van der Waals surface area contributed by atoms with Crippen molar-refractivity contribution in [3.05, 3.63) is 44.6 Å². The average Bonchev–Trinajstić information content (AvgIpc) is 2.34. The van der Waals surface area contributed by atoms with Gasteiger partial charge >= 0.3 is 18.0 Å². The Labute approximate surface area is 108 Å². The molecule has 1 aromatic carbocycles. The van der Waals surface area contributed by atoms with E-state index in [1.807, 2.05) is 0 Å². The second-order valence-electron chi connectivity index (χ2n) is 3.96. The summed E-state index contributed by atoms with van der Waals surface area (Å²) in [5.41, 5.74) is -4.48. The molecule has 0 aliphatic rings. The number of carbonyl (C=O) groups is 1. The average molecular weight is 288 g/mol. The lowest BCUT2D eigenvalue weighted by atomic mass is 10.1. The standard InChI is InChI=1S/C11H7F3N2O4/c1-15-7-5(3-2-4-6(7)11(12,13)14)8(17)16(9(15)18)10(19)20/h2-4H,1H3,(H,19,20). The Kier molecular flexibility index (Phi) is 2.92. The van der Waals surface area contributed by atoms with Crippen molar-refractivity contribution in [1.29, 1.82) is 0 Å². The van der Waals surface area contributed by atoms with E-state index < -0.39 is 40.0 Å². The molecule has 0 unspecified atom stereocenters. The van der Waals surface area contributed by atoms with Crippen molar-refractivity contribution >= 4 is 17.0 Å². The summed E-state index contributed by atoms with van der Waals surface area (Å²) in [5.74, 6) is 0. The number of rotatable bonds is 0. The van der Waals surface area contributed by atoms with Crippen LogP contribution in [0.3, 0.4) is 0 Å². The second-order valence-corrected chi connectivity index (χ2v) is 3.96. The first-order chi connectivity index (χ1) is 9.16. The lowest BCUT2D eigenvalue weighted by Crippen LogP contribution is -2.43. The number of aromatic nitrogens is 2. The van der Waals surface area contributed by atoms with Gasteiger partial charge in [-0.3, -0.25) is 9.36 Å². The molecule has 6 nitrogen and oxygen atoms in total. The molecule has 0 spiro atoms. The number of carboxylic acid groups (broad SMARTS) is 1. The van der Waals surface area contributed by atoms with Crippen LogP contribution >= 0.6 is 0 Å². The van der Waals surface area contributed by atoms with Gasteiger partial charge < -0.3 is 5.11 Å². The monoisotopic (exact) mass is 288 g/mol. The van der Waals surface area contributed by atoms with Crippen LogP contribution in [0.4, 0.5) is 18.0 Å². The predicted octanol–water partition coefficient (Wildman–Crippen LogP) is 1.25. The molecule has 0 amide bonds. The zero-order valence-electron chi connectivity index (χ0n) is 9.93. The van der Waals surface area contributed by atoms with Gasteiger partial charge in [-0.25, -0.2) is 9.59 Å². The Hall–Kier alpha value is -2.58. The highest BCUT2D eigenvalue weighted by Crippen LogP contribution is 2.33. The molecule has 0 aliphatic carbocycles. The second kappa shape index (κ2) is 4.22. The molecule has 1 aromatic heterocycles. The summed E-state index contributed by atoms with van der Waals surface area (Å²) in [7, 11) is 0.971. The van der Waals surface area contributed by atoms with E-state index in [4.69, 9.17) is 5.11 Å². The summed E-state index contributed by atoms with van der Waals surface area (Å²) in [5, 5.41) is 8.29. The molecule has 0 bridgehead atoms. The molecule has 0 radical (unpaired) electrons. The normalized spacial score (nSPS) is 11.8. The minimum atomic E-state index is -4.77. The number of nitrogens with zero attached hydrogens (tertiary/aromatic N) is 2. The maximum atomic E-state index is 12.9. The van der Waals surface area contributed by atoms with Crippen LogP contribution in [-0.2, 0) is 13.2 Å². The number of para-hydroxylation sites is 1. The van der Waals surface area contributed by atoms with Gasteiger partial charge in [-0.05, 0) is 12.1 Å². The predicted molar refractivity (Wildman–Crippen MR) is 61.9 cm³/mol. The van der Waals surface area contributed by atoms with Crippen LogP contribution in [0.2, 0.25) is 0 Å². The molecule has 0 fully saturated rings. The van der Waals surface area contributed by atoms with Crippen molar-refractivity contribution in [2.75, 3.05) is 0 Å². The summed E-state index contributed by atoms with van der Waals surface area (Å²) < 4.78 is 39.0. The molecule has 0 atom stereocenters. The summed E-state index contributed by atoms with van der Waals surface area (Å²) >= 11 is 0.